The van der Waals surface area contributed by atoms with Gasteiger partial charge in [0, 0.05) is 32.0 Å². The number of pyridine rings is 1. The second-order valence-electron chi connectivity index (χ2n) is 4.27. The van der Waals surface area contributed by atoms with E-state index in [0.29, 0.717) is 19.6 Å². The highest BCUT2D eigenvalue weighted by Crippen LogP contribution is 2.05. The van der Waals surface area contributed by atoms with Gasteiger partial charge in [0.15, 0.2) is 0 Å². The van der Waals surface area contributed by atoms with E-state index in [4.69, 9.17) is 0 Å². The molecule has 1 aromatic heterocycles. The Kier molecular flexibility index (Phi) is 5.20. The van der Waals surface area contributed by atoms with Crippen LogP contribution in [0.15, 0.2) is 48.8 Å². The van der Waals surface area contributed by atoms with Gasteiger partial charge in [-0.1, -0.05) is 18.2 Å². The molecule has 4 nitrogen and oxygen atoms in total. The van der Waals surface area contributed by atoms with Crippen LogP contribution in [0.25, 0.3) is 0 Å². The first-order chi connectivity index (χ1) is 9.77. The number of nitrogens with zero attached hydrogens (tertiary/aromatic N) is 1. The van der Waals surface area contributed by atoms with Gasteiger partial charge < -0.3 is 10.6 Å². The van der Waals surface area contributed by atoms with Crippen molar-refractivity contribution < 1.29 is 9.18 Å². The zero-order valence-electron chi connectivity index (χ0n) is 11.0. The number of benzene rings is 1. The lowest BCUT2D eigenvalue weighted by atomic mass is 10.2. The average Bonchev–Trinajstić information content (AvgIpc) is 2.48. The fraction of sp³-hybridized carbons (Fsp3) is 0.200. The topological polar surface area (TPSA) is 54.0 Å². The van der Waals surface area contributed by atoms with Gasteiger partial charge in [0.1, 0.15) is 5.82 Å². The highest BCUT2D eigenvalue weighted by atomic mass is 19.1. The maximum absolute atomic E-state index is 13.4. The Morgan fingerprint density at radius 2 is 2.00 bits per heavy atom. The van der Waals surface area contributed by atoms with Crippen molar-refractivity contribution in [2.45, 2.75) is 6.54 Å². The molecule has 0 saturated heterocycles. The molecular weight excluding hydrogens is 257 g/mol. The smallest absolute Gasteiger partial charge is 0.254 e. The number of hydrogen-bond acceptors (Lipinski definition) is 3. The van der Waals surface area contributed by atoms with Crippen molar-refractivity contribution in [1.82, 2.24) is 15.6 Å². The van der Waals surface area contributed by atoms with E-state index in [2.05, 4.69) is 15.6 Å². The van der Waals surface area contributed by atoms with E-state index in [1.54, 1.807) is 24.5 Å². The first kappa shape index (κ1) is 14.1. The monoisotopic (exact) mass is 273 g/mol. The highest BCUT2D eigenvalue weighted by Gasteiger charge is 2.09. The summed E-state index contributed by atoms with van der Waals surface area (Å²) in [5, 5.41) is 5.84. The van der Waals surface area contributed by atoms with Crippen LogP contribution < -0.4 is 10.6 Å². The van der Waals surface area contributed by atoms with Crippen molar-refractivity contribution in [1.29, 1.82) is 0 Å². The summed E-state index contributed by atoms with van der Waals surface area (Å²) in [4.78, 5) is 15.7. The molecule has 2 N–H and O–H groups in total. The van der Waals surface area contributed by atoms with E-state index in [9.17, 15) is 9.18 Å². The minimum atomic E-state index is -0.506. The number of carbonyl (C=O) groups excluding carboxylic acids is 1. The van der Waals surface area contributed by atoms with E-state index in [0.717, 1.165) is 5.56 Å². The maximum Gasteiger partial charge on any atom is 0.254 e. The van der Waals surface area contributed by atoms with E-state index in [-0.39, 0.29) is 5.56 Å². The van der Waals surface area contributed by atoms with Gasteiger partial charge in [-0.05, 0) is 23.8 Å². The summed E-state index contributed by atoms with van der Waals surface area (Å²) in [6.45, 7) is 1.73. The lowest BCUT2D eigenvalue weighted by Gasteiger charge is -2.07. The molecule has 0 aliphatic carbocycles. The number of halogens is 1. The normalized spacial score (nSPS) is 10.2. The Morgan fingerprint density at radius 1 is 1.15 bits per heavy atom. The number of carbonyl (C=O) groups is 1. The first-order valence-corrected chi connectivity index (χ1v) is 6.40. The first-order valence-electron chi connectivity index (χ1n) is 6.40. The van der Waals surface area contributed by atoms with Gasteiger partial charge in [0.05, 0.1) is 5.56 Å². The van der Waals surface area contributed by atoms with Crippen LogP contribution in [0.5, 0.6) is 0 Å². The standard InChI is InChI=1S/C15H16FN3O/c16-14-6-2-1-5-13(14)15(20)19-9-8-18-11-12-4-3-7-17-10-12/h1-7,10,18H,8-9,11H2,(H,19,20). The third kappa shape index (κ3) is 4.13. The maximum atomic E-state index is 13.4. The molecule has 1 aromatic carbocycles. The second-order valence-corrected chi connectivity index (χ2v) is 4.27. The average molecular weight is 273 g/mol. The van der Waals surface area contributed by atoms with Crippen molar-refractivity contribution >= 4 is 5.91 Å². The lowest BCUT2D eigenvalue weighted by molar-refractivity contribution is 0.0950. The van der Waals surface area contributed by atoms with Gasteiger partial charge in [-0.3, -0.25) is 9.78 Å². The predicted molar refractivity (Wildman–Crippen MR) is 74.7 cm³/mol. The summed E-state index contributed by atoms with van der Waals surface area (Å²) in [6, 6.07) is 9.78. The molecule has 0 atom stereocenters. The van der Waals surface area contributed by atoms with Crippen molar-refractivity contribution in [3.63, 3.8) is 0 Å². The van der Waals surface area contributed by atoms with Crippen LogP contribution in [0, 0.1) is 5.82 Å². The van der Waals surface area contributed by atoms with E-state index < -0.39 is 11.7 Å². The number of amides is 1. The number of nitrogens with one attached hydrogen (secondary N) is 2. The highest BCUT2D eigenvalue weighted by molar-refractivity contribution is 5.94. The minimum Gasteiger partial charge on any atom is -0.351 e. The van der Waals surface area contributed by atoms with Crippen LogP contribution in [0.4, 0.5) is 4.39 Å². The van der Waals surface area contributed by atoms with Crippen LogP contribution in [-0.4, -0.2) is 24.0 Å². The lowest BCUT2D eigenvalue weighted by Crippen LogP contribution is -2.32. The third-order valence-corrected chi connectivity index (χ3v) is 2.76. The van der Waals surface area contributed by atoms with E-state index >= 15 is 0 Å². The molecule has 2 aromatic rings. The van der Waals surface area contributed by atoms with Crippen molar-refractivity contribution in [2.24, 2.45) is 0 Å². The van der Waals surface area contributed by atoms with Crippen molar-refractivity contribution in [3.8, 4) is 0 Å². The third-order valence-electron chi connectivity index (χ3n) is 2.76. The summed E-state index contributed by atoms with van der Waals surface area (Å²) >= 11 is 0. The predicted octanol–water partition coefficient (Wildman–Crippen LogP) is 1.74. The van der Waals surface area contributed by atoms with Crippen LogP contribution in [0.2, 0.25) is 0 Å². The molecule has 0 spiro atoms. The molecule has 2 rings (SSSR count). The van der Waals surface area contributed by atoms with Gasteiger partial charge in [-0.25, -0.2) is 4.39 Å². The minimum absolute atomic E-state index is 0.0692. The molecule has 0 radical (unpaired) electrons. The van der Waals surface area contributed by atoms with Crippen LogP contribution in [-0.2, 0) is 6.54 Å². The molecule has 104 valence electrons. The van der Waals surface area contributed by atoms with Crippen LogP contribution >= 0.6 is 0 Å². The largest absolute Gasteiger partial charge is 0.351 e. The Balaban J connectivity index is 1.69. The number of hydrogen-bond donors (Lipinski definition) is 2. The van der Waals surface area contributed by atoms with Crippen LogP contribution in [0.1, 0.15) is 15.9 Å². The zero-order chi connectivity index (χ0) is 14.2. The van der Waals surface area contributed by atoms with Gasteiger partial charge >= 0.3 is 0 Å². The summed E-state index contributed by atoms with van der Waals surface area (Å²) in [5.41, 5.74) is 1.15. The molecule has 1 amide bonds. The Morgan fingerprint density at radius 3 is 2.75 bits per heavy atom. The van der Waals surface area contributed by atoms with Gasteiger partial charge in [0.25, 0.3) is 5.91 Å². The summed E-state index contributed by atoms with van der Waals surface area (Å²) < 4.78 is 13.4. The molecule has 0 aliphatic heterocycles. The quantitative estimate of drug-likeness (QED) is 0.788. The van der Waals surface area contributed by atoms with E-state index in [1.807, 2.05) is 12.1 Å². The molecule has 1 heterocycles. The zero-order valence-corrected chi connectivity index (χ0v) is 11.0. The molecular formula is C15H16FN3O. The van der Waals surface area contributed by atoms with Gasteiger partial charge in [0.2, 0.25) is 0 Å². The SMILES string of the molecule is O=C(NCCNCc1cccnc1)c1ccccc1F. The fourth-order valence-electron chi connectivity index (χ4n) is 1.74. The molecule has 0 aliphatic rings. The molecule has 0 unspecified atom stereocenters. The van der Waals surface area contributed by atoms with Gasteiger partial charge in [-0.2, -0.15) is 0 Å². The summed E-state index contributed by atoms with van der Waals surface area (Å²) in [5.74, 6) is -0.903. The Bertz CT molecular complexity index is 560. The number of aromatic nitrogens is 1. The molecule has 0 fully saturated rings. The van der Waals surface area contributed by atoms with Crippen molar-refractivity contribution in [2.75, 3.05) is 13.1 Å². The second kappa shape index (κ2) is 7.35. The molecule has 5 heteroatoms. The summed E-state index contributed by atoms with van der Waals surface area (Å²) in [6.07, 6.45) is 3.50. The Labute approximate surface area is 117 Å². The molecule has 20 heavy (non-hydrogen) atoms. The molecule has 0 bridgehead atoms. The molecule has 0 saturated carbocycles. The summed E-state index contributed by atoms with van der Waals surface area (Å²) in [7, 11) is 0. The van der Waals surface area contributed by atoms with Gasteiger partial charge in [-0.15, -0.1) is 0 Å². The fourth-order valence-corrected chi connectivity index (χ4v) is 1.74. The van der Waals surface area contributed by atoms with Crippen molar-refractivity contribution in [3.05, 3.63) is 65.7 Å². The van der Waals surface area contributed by atoms with E-state index in [1.165, 1.54) is 12.1 Å². The van der Waals surface area contributed by atoms with Crippen LogP contribution in [0.3, 0.4) is 0 Å². The Hall–Kier alpha value is -2.27. The number of rotatable bonds is 6.